The van der Waals surface area contributed by atoms with Gasteiger partial charge in [-0.3, -0.25) is 0 Å². The van der Waals surface area contributed by atoms with Crippen molar-refractivity contribution in [2.45, 2.75) is 0 Å². The Bertz CT molecular complexity index is 3220. The van der Waals surface area contributed by atoms with Gasteiger partial charge in [-0.2, -0.15) is 0 Å². The van der Waals surface area contributed by atoms with Crippen LogP contribution in [-0.4, -0.2) is 19.1 Å². The van der Waals surface area contributed by atoms with Crippen LogP contribution in [0, 0.1) is 0 Å². The van der Waals surface area contributed by atoms with E-state index < -0.39 is 0 Å². The van der Waals surface area contributed by atoms with Gasteiger partial charge < -0.3 is 9.13 Å². The molecule has 12 rings (SSSR count). The number of para-hydroxylation sites is 6. The lowest BCUT2D eigenvalue weighted by atomic mass is 9.93. The average molecular weight is 777 g/mol. The minimum atomic E-state index is 1.01. The van der Waals surface area contributed by atoms with Gasteiger partial charge in [-0.1, -0.05) is 133 Å². The lowest BCUT2D eigenvalue weighted by Crippen LogP contribution is -2.00. The molecule has 0 radical (unpaired) electrons. The van der Waals surface area contributed by atoms with Crippen molar-refractivity contribution in [3.63, 3.8) is 0 Å². The highest BCUT2D eigenvalue weighted by Gasteiger charge is 2.28. The quantitative estimate of drug-likeness (QED) is 0.169. The van der Waals surface area contributed by atoms with Crippen molar-refractivity contribution in [1.29, 1.82) is 0 Å². The Labute approximate surface area is 342 Å². The highest BCUT2D eigenvalue weighted by Crippen LogP contribution is 2.50. The lowest BCUT2D eigenvalue weighted by molar-refractivity contribution is 1.13. The molecule has 0 saturated heterocycles. The van der Waals surface area contributed by atoms with Crippen molar-refractivity contribution in [2.24, 2.45) is 0 Å². The van der Waals surface area contributed by atoms with Crippen LogP contribution in [0.3, 0.4) is 0 Å². The standard InChI is InChI=1S/C52H32N4S2/c1-3-17-33(18-4-1)55-43-29-11-7-21-39(43)47(51-53-41-27-9-13-31-45(41)57-51)49(55)37-25-15-24-36-35(37)23-16-26-38(36)50-48(52-54-42-28-10-14-32-46(42)58-52)40-22-8-12-30-44(40)56(50)34-19-5-2-6-20-34/h1-32H. The van der Waals surface area contributed by atoms with Gasteiger partial charge in [-0.25, -0.2) is 9.97 Å². The van der Waals surface area contributed by atoms with Crippen LogP contribution in [0.4, 0.5) is 0 Å². The Kier molecular flexibility index (Phi) is 7.55. The summed E-state index contributed by atoms with van der Waals surface area (Å²) < 4.78 is 7.23. The summed E-state index contributed by atoms with van der Waals surface area (Å²) in [7, 11) is 0. The van der Waals surface area contributed by atoms with E-state index in [1.165, 1.54) is 30.9 Å². The summed E-state index contributed by atoms with van der Waals surface area (Å²) in [6, 6.07) is 69.6. The SMILES string of the molecule is c1ccc(-n2c(-c3cccc4c(-c5c(-c6nc7ccccc7s6)c6ccccc6n5-c5ccccc5)cccc34)c(-c3nc4ccccc4s3)c3ccccc32)cc1. The molecule has 8 aromatic carbocycles. The van der Waals surface area contributed by atoms with Gasteiger partial charge in [0.25, 0.3) is 0 Å². The molecule has 58 heavy (non-hydrogen) atoms. The van der Waals surface area contributed by atoms with Crippen LogP contribution in [0.2, 0.25) is 0 Å². The van der Waals surface area contributed by atoms with E-state index >= 15 is 0 Å². The fraction of sp³-hybridized carbons (Fsp3) is 0. The molecule has 0 amide bonds. The van der Waals surface area contributed by atoms with Gasteiger partial charge in [-0.15, -0.1) is 22.7 Å². The molecule has 0 unspecified atom stereocenters. The molecule has 6 heteroatoms. The molecular weight excluding hydrogens is 745 g/mol. The van der Waals surface area contributed by atoms with Crippen molar-refractivity contribution < 1.29 is 0 Å². The lowest BCUT2D eigenvalue weighted by Gasteiger charge is -2.18. The average Bonchev–Trinajstić information content (AvgIpc) is 4.07. The third-order valence-electron chi connectivity index (χ3n) is 11.2. The molecule has 12 aromatic rings. The number of benzene rings is 8. The van der Waals surface area contributed by atoms with E-state index in [0.717, 1.165) is 77.1 Å². The Balaban J connectivity index is 1.21. The third kappa shape index (κ3) is 5.06. The molecule has 0 spiro atoms. The van der Waals surface area contributed by atoms with Crippen LogP contribution < -0.4 is 0 Å². The number of aromatic nitrogens is 4. The molecule has 0 saturated carbocycles. The van der Waals surface area contributed by atoms with Gasteiger partial charge in [0.1, 0.15) is 10.0 Å². The second-order valence-corrected chi connectivity index (χ2v) is 16.6. The number of hydrogen-bond acceptors (Lipinski definition) is 4. The normalized spacial score (nSPS) is 11.8. The Morgan fingerprint density at radius 1 is 0.328 bits per heavy atom. The predicted molar refractivity (Wildman–Crippen MR) is 246 cm³/mol. The first-order valence-corrected chi connectivity index (χ1v) is 21.1. The zero-order chi connectivity index (χ0) is 38.2. The summed E-state index contributed by atoms with van der Waals surface area (Å²) in [5.41, 5.74) is 13.4. The largest absolute Gasteiger partial charge is 0.309 e. The Hall–Kier alpha value is -7.12. The van der Waals surface area contributed by atoms with E-state index in [-0.39, 0.29) is 0 Å². The van der Waals surface area contributed by atoms with Crippen LogP contribution >= 0.6 is 22.7 Å². The van der Waals surface area contributed by atoms with Crippen LogP contribution in [0.25, 0.3) is 108 Å². The van der Waals surface area contributed by atoms with Crippen molar-refractivity contribution in [1.82, 2.24) is 19.1 Å². The monoisotopic (exact) mass is 776 g/mol. The zero-order valence-electron chi connectivity index (χ0n) is 31.1. The summed E-state index contributed by atoms with van der Waals surface area (Å²) in [6.07, 6.45) is 0. The van der Waals surface area contributed by atoms with E-state index in [0.29, 0.717) is 0 Å². The third-order valence-corrected chi connectivity index (χ3v) is 13.3. The first-order valence-electron chi connectivity index (χ1n) is 19.4. The fourth-order valence-electron chi connectivity index (χ4n) is 8.79. The maximum Gasteiger partial charge on any atom is 0.127 e. The van der Waals surface area contributed by atoms with Crippen molar-refractivity contribution in [2.75, 3.05) is 0 Å². The summed E-state index contributed by atoms with van der Waals surface area (Å²) in [5, 5.41) is 6.71. The second-order valence-electron chi connectivity index (χ2n) is 14.5. The molecular formula is C52H32N4S2. The molecule has 272 valence electrons. The van der Waals surface area contributed by atoms with Crippen molar-refractivity contribution in [3.8, 4) is 55.0 Å². The first kappa shape index (κ1) is 33.1. The predicted octanol–water partition coefficient (Wildman–Crippen LogP) is 14.6. The van der Waals surface area contributed by atoms with Gasteiger partial charge in [0.15, 0.2) is 0 Å². The van der Waals surface area contributed by atoms with Crippen LogP contribution in [0.5, 0.6) is 0 Å². The molecule has 4 aromatic heterocycles. The molecule has 0 aliphatic carbocycles. The van der Waals surface area contributed by atoms with Crippen LogP contribution in [0.1, 0.15) is 0 Å². The number of rotatable bonds is 6. The molecule has 0 bridgehead atoms. The minimum Gasteiger partial charge on any atom is -0.309 e. The number of thiazole rings is 2. The number of hydrogen-bond donors (Lipinski definition) is 0. The van der Waals surface area contributed by atoms with Gasteiger partial charge in [0.05, 0.1) is 42.9 Å². The summed E-state index contributed by atoms with van der Waals surface area (Å²) in [4.78, 5) is 10.6. The maximum absolute atomic E-state index is 5.30. The minimum absolute atomic E-state index is 1.01. The first-order chi connectivity index (χ1) is 28.8. The van der Waals surface area contributed by atoms with E-state index in [1.807, 2.05) is 0 Å². The van der Waals surface area contributed by atoms with Crippen LogP contribution in [0.15, 0.2) is 194 Å². The van der Waals surface area contributed by atoms with Crippen LogP contribution in [-0.2, 0) is 0 Å². The summed E-state index contributed by atoms with van der Waals surface area (Å²) in [6.45, 7) is 0. The highest BCUT2D eigenvalue weighted by atomic mass is 32.1. The topological polar surface area (TPSA) is 35.6 Å². The van der Waals surface area contributed by atoms with Gasteiger partial charge in [0, 0.05) is 44.4 Å². The molecule has 4 nitrogen and oxygen atoms in total. The molecule has 0 N–H and O–H groups in total. The summed E-state index contributed by atoms with van der Waals surface area (Å²) >= 11 is 3.52. The van der Waals surface area contributed by atoms with Gasteiger partial charge in [-0.05, 0) is 71.4 Å². The zero-order valence-corrected chi connectivity index (χ0v) is 32.7. The molecule has 0 aliphatic heterocycles. The Morgan fingerprint density at radius 2 is 0.707 bits per heavy atom. The van der Waals surface area contributed by atoms with E-state index in [4.69, 9.17) is 9.97 Å². The molecule has 0 fully saturated rings. The molecule has 0 aliphatic rings. The van der Waals surface area contributed by atoms with E-state index in [1.54, 1.807) is 22.7 Å². The number of nitrogens with zero attached hydrogens (tertiary/aromatic N) is 4. The van der Waals surface area contributed by atoms with Gasteiger partial charge in [0.2, 0.25) is 0 Å². The number of fused-ring (bicyclic) bond motifs is 5. The second kappa shape index (κ2) is 13.2. The van der Waals surface area contributed by atoms with E-state index in [2.05, 4.69) is 203 Å². The smallest absolute Gasteiger partial charge is 0.127 e. The molecule has 4 heterocycles. The van der Waals surface area contributed by atoms with E-state index in [9.17, 15) is 0 Å². The maximum atomic E-state index is 5.30. The highest BCUT2D eigenvalue weighted by molar-refractivity contribution is 7.22. The van der Waals surface area contributed by atoms with Crippen molar-refractivity contribution in [3.05, 3.63) is 194 Å². The molecule has 0 atom stereocenters. The van der Waals surface area contributed by atoms with Crippen molar-refractivity contribution >= 4 is 75.7 Å². The Morgan fingerprint density at radius 3 is 1.16 bits per heavy atom. The summed E-state index contributed by atoms with van der Waals surface area (Å²) in [5.74, 6) is 0. The van der Waals surface area contributed by atoms with Gasteiger partial charge >= 0.3 is 0 Å². The fourth-order valence-corrected chi connectivity index (χ4v) is 10.8.